The van der Waals surface area contributed by atoms with Crippen LogP contribution in [0.3, 0.4) is 0 Å². The lowest BCUT2D eigenvalue weighted by atomic mass is 10.2. The average Bonchev–Trinajstić information content (AvgIpc) is 3.11. The number of rotatable bonds is 5. The second kappa shape index (κ2) is 7.47. The third-order valence-corrected chi connectivity index (χ3v) is 7.05. The van der Waals surface area contributed by atoms with E-state index in [9.17, 15) is 18.0 Å². The zero-order chi connectivity index (χ0) is 19.8. The number of aryl methyl sites for hydroxylation is 1. The van der Waals surface area contributed by atoms with E-state index in [4.69, 9.17) is 4.74 Å². The zero-order valence-corrected chi connectivity index (χ0v) is 16.6. The van der Waals surface area contributed by atoms with Crippen LogP contribution < -0.4 is 15.4 Å². The van der Waals surface area contributed by atoms with Gasteiger partial charge in [-0.1, -0.05) is 6.92 Å². The maximum absolute atomic E-state index is 13.3. The summed E-state index contributed by atoms with van der Waals surface area (Å²) < 4.78 is 33.2. The molecule has 2 aliphatic rings. The normalized spacial score (nSPS) is 21.1. The van der Waals surface area contributed by atoms with E-state index < -0.39 is 16.1 Å². The summed E-state index contributed by atoms with van der Waals surface area (Å²) in [6.07, 6.45) is 1.91. The van der Waals surface area contributed by atoms with Crippen molar-refractivity contribution in [3.8, 4) is 5.75 Å². The van der Waals surface area contributed by atoms with Gasteiger partial charge in [-0.3, -0.25) is 9.59 Å². The first kappa shape index (κ1) is 19.6. The molecular weight excluding hydrogens is 370 g/mol. The van der Waals surface area contributed by atoms with Gasteiger partial charge in [0.1, 0.15) is 11.8 Å². The molecule has 0 aliphatic carbocycles. The lowest BCUT2D eigenvalue weighted by Gasteiger charge is -2.26. The first-order valence-electron chi connectivity index (χ1n) is 9.13. The third kappa shape index (κ3) is 3.79. The molecule has 1 fully saturated rings. The summed E-state index contributed by atoms with van der Waals surface area (Å²) in [5, 5.41) is 5.54. The number of nitrogens with one attached hydrogen (secondary N) is 2. The van der Waals surface area contributed by atoms with Gasteiger partial charge in [0.15, 0.2) is 6.61 Å². The van der Waals surface area contributed by atoms with Crippen LogP contribution in [0.1, 0.15) is 38.7 Å². The van der Waals surface area contributed by atoms with Crippen molar-refractivity contribution in [3.05, 3.63) is 17.7 Å². The summed E-state index contributed by atoms with van der Waals surface area (Å²) in [6.45, 7) is 5.67. The van der Waals surface area contributed by atoms with Gasteiger partial charge >= 0.3 is 0 Å². The molecule has 0 spiro atoms. The molecular formula is C18H25N3O5S. The van der Waals surface area contributed by atoms with E-state index in [2.05, 4.69) is 10.6 Å². The van der Waals surface area contributed by atoms with Crippen LogP contribution in [0.2, 0.25) is 0 Å². The van der Waals surface area contributed by atoms with E-state index in [1.807, 2.05) is 13.8 Å². The fraction of sp³-hybridized carbons (Fsp3) is 0.556. The van der Waals surface area contributed by atoms with Crippen LogP contribution in [0.15, 0.2) is 17.0 Å². The minimum absolute atomic E-state index is 0.00912. The molecule has 0 saturated carbocycles. The zero-order valence-electron chi connectivity index (χ0n) is 15.7. The predicted octanol–water partition coefficient (Wildman–Crippen LogP) is 1.39. The summed E-state index contributed by atoms with van der Waals surface area (Å²) in [5.41, 5.74) is 0.947. The number of hydrogen-bond acceptors (Lipinski definition) is 5. The molecule has 0 radical (unpaired) electrons. The number of carbonyl (C=O) groups excluding carboxylic acids is 2. The Morgan fingerprint density at radius 2 is 2.19 bits per heavy atom. The molecule has 1 aromatic carbocycles. The van der Waals surface area contributed by atoms with Gasteiger partial charge in [0.2, 0.25) is 15.9 Å². The van der Waals surface area contributed by atoms with E-state index in [0.717, 1.165) is 6.42 Å². The molecule has 0 unspecified atom stereocenters. The number of anilines is 1. The summed E-state index contributed by atoms with van der Waals surface area (Å²) in [7, 11) is -3.87. The maximum Gasteiger partial charge on any atom is 0.262 e. The highest BCUT2D eigenvalue weighted by Crippen LogP contribution is 2.35. The number of nitrogens with zero attached hydrogens (tertiary/aromatic N) is 1. The lowest BCUT2D eigenvalue weighted by molar-refractivity contribution is -0.124. The van der Waals surface area contributed by atoms with Gasteiger partial charge in [0.05, 0.1) is 10.6 Å². The van der Waals surface area contributed by atoms with Crippen LogP contribution >= 0.6 is 0 Å². The number of ether oxygens (including phenoxy) is 1. The number of carbonyl (C=O) groups is 2. The molecule has 1 aromatic rings. The van der Waals surface area contributed by atoms with Crippen LogP contribution in [0.5, 0.6) is 5.75 Å². The summed E-state index contributed by atoms with van der Waals surface area (Å²) in [5.74, 6) is -0.220. The molecule has 9 heteroatoms. The quantitative estimate of drug-likeness (QED) is 0.784. The average molecular weight is 395 g/mol. The van der Waals surface area contributed by atoms with Crippen molar-refractivity contribution in [2.24, 2.45) is 0 Å². The minimum Gasteiger partial charge on any atom is -0.482 e. The van der Waals surface area contributed by atoms with Crippen LogP contribution in [-0.4, -0.2) is 49.8 Å². The van der Waals surface area contributed by atoms with Crippen LogP contribution in [0, 0.1) is 6.92 Å². The molecule has 148 valence electrons. The Bertz CT molecular complexity index is 868. The Kier molecular flexibility index (Phi) is 5.43. The fourth-order valence-electron chi connectivity index (χ4n) is 3.35. The standard InChI is InChI=1S/C18H25N3O5S/c1-4-12(3)19-18(23)14-6-5-7-21(14)27(24,25)16-9-15-13(8-11(16)2)20-17(22)10-26-15/h8-9,12,14H,4-7,10H2,1-3H3,(H,19,23)(H,20,22)/t12-,14-/m0/s1. The van der Waals surface area contributed by atoms with Gasteiger partial charge in [-0.2, -0.15) is 4.31 Å². The number of sulfonamides is 1. The Morgan fingerprint density at radius 1 is 1.44 bits per heavy atom. The van der Waals surface area contributed by atoms with Gasteiger partial charge in [-0.15, -0.1) is 0 Å². The largest absolute Gasteiger partial charge is 0.482 e. The van der Waals surface area contributed by atoms with Gasteiger partial charge in [-0.05, 0) is 44.7 Å². The second-order valence-corrected chi connectivity index (χ2v) is 8.90. The first-order chi connectivity index (χ1) is 12.7. The Hall–Kier alpha value is -2.13. The van der Waals surface area contributed by atoms with Crippen molar-refractivity contribution >= 4 is 27.5 Å². The summed E-state index contributed by atoms with van der Waals surface area (Å²) in [6, 6.07) is 2.30. The Labute approximate surface area is 159 Å². The van der Waals surface area contributed by atoms with Crippen LogP contribution in [0.25, 0.3) is 0 Å². The molecule has 2 aliphatic heterocycles. The third-order valence-electron chi connectivity index (χ3n) is 5.00. The Morgan fingerprint density at radius 3 is 2.89 bits per heavy atom. The van der Waals surface area contributed by atoms with Gasteiger partial charge in [0.25, 0.3) is 5.91 Å². The van der Waals surface area contributed by atoms with Crippen molar-refractivity contribution in [2.45, 2.75) is 57.0 Å². The molecule has 2 N–H and O–H groups in total. The first-order valence-corrected chi connectivity index (χ1v) is 10.6. The molecule has 1 saturated heterocycles. The smallest absolute Gasteiger partial charge is 0.262 e. The number of benzene rings is 1. The van der Waals surface area contributed by atoms with Gasteiger partial charge < -0.3 is 15.4 Å². The van der Waals surface area contributed by atoms with Crippen molar-refractivity contribution < 1.29 is 22.7 Å². The molecule has 0 bridgehead atoms. The highest BCUT2D eigenvalue weighted by molar-refractivity contribution is 7.89. The van der Waals surface area contributed by atoms with E-state index in [-0.39, 0.29) is 29.4 Å². The van der Waals surface area contributed by atoms with Crippen LogP contribution in [-0.2, 0) is 19.6 Å². The van der Waals surface area contributed by atoms with E-state index >= 15 is 0 Å². The van der Waals surface area contributed by atoms with Gasteiger partial charge in [-0.25, -0.2) is 8.42 Å². The number of hydrogen-bond donors (Lipinski definition) is 2. The topological polar surface area (TPSA) is 105 Å². The fourth-order valence-corrected chi connectivity index (χ4v) is 5.23. The molecule has 2 heterocycles. The monoisotopic (exact) mass is 395 g/mol. The highest BCUT2D eigenvalue weighted by atomic mass is 32.2. The molecule has 2 atom stereocenters. The highest BCUT2D eigenvalue weighted by Gasteiger charge is 2.40. The molecule has 27 heavy (non-hydrogen) atoms. The van der Waals surface area contributed by atoms with E-state index in [1.54, 1.807) is 13.0 Å². The minimum atomic E-state index is -3.87. The summed E-state index contributed by atoms with van der Waals surface area (Å²) in [4.78, 5) is 24.1. The second-order valence-electron chi connectivity index (χ2n) is 7.04. The SMILES string of the molecule is CC[C@H](C)NC(=O)[C@@H]1CCCN1S(=O)(=O)c1cc2c(cc1C)NC(=O)CO2. The Balaban J connectivity index is 1.91. The summed E-state index contributed by atoms with van der Waals surface area (Å²) >= 11 is 0. The number of fused-ring (bicyclic) bond motifs is 1. The van der Waals surface area contributed by atoms with Crippen molar-refractivity contribution in [3.63, 3.8) is 0 Å². The van der Waals surface area contributed by atoms with Gasteiger partial charge in [0, 0.05) is 18.7 Å². The van der Waals surface area contributed by atoms with E-state index in [1.165, 1.54) is 10.4 Å². The van der Waals surface area contributed by atoms with E-state index in [0.29, 0.717) is 36.4 Å². The molecule has 0 aromatic heterocycles. The van der Waals surface area contributed by atoms with Crippen molar-refractivity contribution in [1.29, 1.82) is 0 Å². The predicted molar refractivity (Wildman–Crippen MR) is 100 cm³/mol. The van der Waals surface area contributed by atoms with Crippen molar-refractivity contribution in [2.75, 3.05) is 18.5 Å². The molecule has 3 rings (SSSR count). The molecule has 2 amide bonds. The number of amides is 2. The maximum atomic E-state index is 13.3. The lowest BCUT2D eigenvalue weighted by Crippen LogP contribution is -2.48. The van der Waals surface area contributed by atoms with Crippen LogP contribution in [0.4, 0.5) is 5.69 Å². The van der Waals surface area contributed by atoms with Crippen molar-refractivity contribution in [1.82, 2.24) is 9.62 Å². The molecule has 8 nitrogen and oxygen atoms in total.